The molecule has 0 radical (unpaired) electrons. The molecule has 0 aliphatic heterocycles. The van der Waals surface area contributed by atoms with Gasteiger partial charge < -0.3 is 5.32 Å². The van der Waals surface area contributed by atoms with Crippen LogP contribution in [0.25, 0.3) is 0 Å². The quantitative estimate of drug-likeness (QED) is 0.630. The highest BCUT2D eigenvalue weighted by Gasteiger charge is 2.23. The average Bonchev–Trinajstić information content (AvgIpc) is 3.14. The molecule has 0 fully saturated rings. The summed E-state index contributed by atoms with van der Waals surface area (Å²) in [6.07, 6.45) is 3.61. The number of sulfonamides is 1. The van der Waals surface area contributed by atoms with Gasteiger partial charge in [-0.05, 0) is 69.2 Å². The second-order valence-electron chi connectivity index (χ2n) is 8.19. The van der Waals surface area contributed by atoms with Gasteiger partial charge in [0, 0.05) is 29.2 Å². The summed E-state index contributed by atoms with van der Waals surface area (Å²) in [5.74, 6) is -0.361. The van der Waals surface area contributed by atoms with Crippen molar-refractivity contribution in [2.45, 2.75) is 44.7 Å². The van der Waals surface area contributed by atoms with Crippen molar-refractivity contribution in [3.8, 4) is 0 Å². The van der Waals surface area contributed by atoms with E-state index in [0.717, 1.165) is 5.56 Å². The van der Waals surface area contributed by atoms with Crippen molar-refractivity contribution in [1.29, 1.82) is 0 Å². The fourth-order valence-corrected chi connectivity index (χ4v) is 4.39. The molecule has 30 heavy (non-hydrogen) atoms. The van der Waals surface area contributed by atoms with Gasteiger partial charge in [0.15, 0.2) is 0 Å². The van der Waals surface area contributed by atoms with Gasteiger partial charge >= 0.3 is 0 Å². The summed E-state index contributed by atoms with van der Waals surface area (Å²) >= 11 is 0. The van der Waals surface area contributed by atoms with E-state index in [9.17, 15) is 13.2 Å². The minimum atomic E-state index is -3.73. The molecule has 7 nitrogen and oxygen atoms in total. The lowest BCUT2D eigenvalue weighted by atomic mass is 10.1. The smallest absolute Gasteiger partial charge is 0.255 e. The number of nitrogens with one attached hydrogen (secondary N) is 2. The van der Waals surface area contributed by atoms with Crippen molar-refractivity contribution >= 4 is 21.6 Å². The summed E-state index contributed by atoms with van der Waals surface area (Å²) in [4.78, 5) is 12.9. The molecule has 1 heterocycles. The third-order valence-electron chi connectivity index (χ3n) is 4.32. The third kappa shape index (κ3) is 5.55. The maximum Gasteiger partial charge on any atom is 0.255 e. The van der Waals surface area contributed by atoms with Crippen LogP contribution in [0.2, 0.25) is 0 Å². The van der Waals surface area contributed by atoms with Gasteiger partial charge in [0.05, 0.1) is 11.4 Å². The first-order chi connectivity index (χ1) is 14.0. The molecule has 0 spiro atoms. The summed E-state index contributed by atoms with van der Waals surface area (Å²) in [6.45, 7) is 7.71. The molecule has 0 bridgehead atoms. The molecule has 0 aliphatic carbocycles. The molecule has 0 unspecified atom stereocenters. The normalized spacial score (nSPS) is 12.0. The minimum absolute atomic E-state index is 0.0581. The molecular weight excluding hydrogens is 400 g/mol. The van der Waals surface area contributed by atoms with Gasteiger partial charge in [0.2, 0.25) is 10.0 Å². The van der Waals surface area contributed by atoms with Gasteiger partial charge in [0.25, 0.3) is 5.91 Å². The molecule has 2 N–H and O–H groups in total. The van der Waals surface area contributed by atoms with E-state index in [1.165, 1.54) is 12.1 Å². The van der Waals surface area contributed by atoms with Crippen LogP contribution in [0, 0.1) is 6.92 Å². The van der Waals surface area contributed by atoms with E-state index in [1.807, 2.05) is 41.2 Å². The zero-order chi connectivity index (χ0) is 21.9. The Morgan fingerprint density at radius 2 is 1.80 bits per heavy atom. The van der Waals surface area contributed by atoms with Crippen molar-refractivity contribution in [3.05, 3.63) is 77.6 Å². The van der Waals surface area contributed by atoms with Gasteiger partial charge in [-0.15, -0.1) is 0 Å². The van der Waals surface area contributed by atoms with Crippen LogP contribution in [0.1, 0.15) is 42.3 Å². The summed E-state index contributed by atoms with van der Waals surface area (Å²) in [7, 11) is -3.73. The van der Waals surface area contributed by atoms with Crippen LogP contribution in [0.5, 0.6) is 0 Å². The van der Waals surface area contributed by atoms with E-state index >= 15 is 0 Å². The number of hydrogen-bond acceptors (Lipinski definition) is 4. The molecule has 1 amide bonds. The molecule has 0 saturated heterocycles. The second kappa shape index (κ2) is 8.41. The summed E-state index contributed by atoms with van der Waals surface area (Å²) in [5, 5.41) is 7.01. The molecule has 2 aromatic carbocycles. The Balaban J connectivity index is 1.76. The van der Waals surface area contributed by atoms with Crippen LogP contribution in [-0.4, -0.2) is 29.6 Å². The number of amides is 1. The second-order valence-corrected chi connectivity index (χ2v) is 9.87. The Labute approximate surface area is 177 Å². The van der Waals surface area contributed by atoms with E-state index in [0.29, 0.717) is 23.4 Å². The summed E-state index contributed by atoms with van der Waals surface area (Å²) in [6, 6.07) is 13.9. The predicted molar refractivity (Wildman–Crippen MR) is 117 cm³/mol. The number of carbonyl (C=O) groups is 1. The van der Waals surface area contributed by atoms with Gasteiger partial charge in [-0.3, -0.25) is 9.48 Å². The number of aryl methyl sites for hydroxylation is 1. The van der Waals surface area contributed by atoms with Crippen LogP contribution in [0.15, 0.2) is 65.8 Å². The zero-order valence-corrected chi connectivity index (χ0v) is 18.3. The van der Waals surface area contributed by atoms with Crippen molar-refractivity contribution in [2.24, 2.45) is 0 Å². The molecule has 1 aromatic heterocycles. The number of anilines is 1. The van der Waals surface area contributed by atoms with Crippen molar-refractivity contribution < 1.29 is 13.2 Å². The number of hydrogen-bond donors (Lipinski definition) is 2. The number of nitrogens with zero attached hydrogens (tertiary/aromatic N) is 2. The van der Waals surface area contributed by atoms with E-state index in [4.69, 9.17) is 0 Å². The van der Waals surface area contributed by atoms with Crippen LogP contribution in [0.4, 0.5) is 5.69 Å². The highest BCUT2D eigenvalue weighted by atomic mass is 32.2. The van der Waals surface area contributed by atoms with Gasteiger partial charge in [0.1, 0.15) is 0 Å². The first kappa shape index (κ1) is 21.7. The van der Waals surface area contributed by atoms with Crippen molar-refractivity contribution in [3.63, 3.8) is 0 Å². The van der Waals surface area contributed by atoms with Gasteiger partial charge in [-0.1, -0.05) is 18.2 Å². The van der Waals surface area contributed by atoms with Crippen LogP contribution in [-0.2, 0) is 16.6 Å². The molecule has 0 atom stereocenters. The van der Waals surface area contributed by atoms with Crippen molar-refractivity contribution in [1.82, 2.24) is 14.5 Å². The maximum absolute atomic E-state index is 12.8. The fraction of sp³-hybridized carbons (Fsp3) is 0.273. The lowest BCUT2D eigenvalue weighted by Gasteiger charge is -2.20. The molecule has 0 saturated carbocycles. The van der Waals surface area contributed by atoms with Crippen LogP contribution in [0.3, 0.4) is 0 Å². The summed E-state index contributed by atoms with van der Waals surface area (Å²) in [5.41, 5.74) is 2.06. The van der Waals surface area contributed by atoms with Crippen LogP contribution >= 0.6 is 0 Å². The predicted octanol–water partition coefficient (Wildman–Crippen LogP) is 3.57. The minimum Gasteiger partial charge on any atom is -0.322 e. The number of aromatic nitrogens is 2. The van der Waals surface area contributed by atoms with Crippen LogP contribution < -0.4 is 10.0 Å². The molecule has 0 aliphatic rings. The molecular formula is C22H26N4O3S. The fourth-order valence-electron chi connectivity index (χ4n) is 2.95. The number of carbonyl (C=O) groups excluding carboxylic acids is 1. The first-order valence-electron chi connectivity index (χ1n) is 9.56. The maximum atomic E-state index is 12.8. The monoisotopic (exact) mass is 426 g/mol. The molecule has 158 valence electrons. The Morgan fingerprint density at radius 3 is 2.40 bits per heavy atom. The molecule has 3 rings (SSSR count). The van der Waals surface area contributed by atoms with Gasteiger partial charge in [-0.2, -0.15) is 5.10 Å². The van der Waals surface area contributed by atoms with E-state index in [1.54, 1.807) is 40.0 Å². The number of benzene rings is 2. The highest BCUT2D eigenvalue weighted by molar-refractivity contribution is 7.89. The van der Waals surface area contributed by atoms with E-state index in [-0.39, 0.29) is 10.8 Å². The van der Waals surface area contributed by atoms with E-state index in [2.05, 4.69) is 15.1 Å². The Bertz CT molecular complexity index is 1130. The Kier molecular flexibility index (Phi) is 6.09. The first-order valence-corrected chi connectivity index (χ1v) is 11.0. The van der Waals surface area contributed by atoms with E-state index < -0.39 is 15.6 Å². The lowest BCUT2D eigenvalue weighted by molar-refractivity contribution is 0.102. The molecule has 3 aromatic rings. The molecule has 8 heteroatoms. The average molecular weight is 427 g/mol. The Morgan fingerprint density at radius 1 is 1.10 bits per heavy atom. The lowest BCUT2D eigenvalue weighted by Crippen LogP contribution is -2.40. The SMILES string of the molecule is Cc1ccc(S(=O)(=O)NC(C)(C)C)cc1C(=O)Nc1ccc(Cn2cccn2)cc1. The standard InChI is InChI=1S/C22H26N4O3S/c1-16-6-11-19(30(28,29)25-22(2,3)4)14-20(16)21(27)24-18-9-7-17(8-10-18)15-26-13-5-12-23-26/h5-14,25H,15H2,1-4H3,(H,24,27). The highest BCUT2D eigenvalue weighted by Crippen LogP contribution is 2.19. The largest absolute Gasteiger partial charge is 0.322 e. The summed E-state index contributed by atoms with van der Waals surface area (Å²) < 4.78 is 29.6. The Hall–Kier alpha value is -2.97. The van der Waals surface area contributed by atoms with Gasteiger partial charge in [-0.25, -0.2) is 13.1 Å². The van der Waals surface area contributed by atoms with Crippen molar-refractivity contribution in [2.75, 3.05) is 5.32 Å². The zero-order valence-electron chi connectivity index (χ0n) is 17.5. The number of rotatable bonds is 6. The topological polar surface area (TPSA) is 93.1 Å². The third-order valence-corrected chi connectivity index (χ3v) is 6.08.